The van der Waals surface area contributed by atoms with Crippen LogP contribution in [0.25, 0.3) is 0 Å². The molecular formula is C22H10O8. The van der Waals surface area contributed by atoms with Crippen molar-refractivity contribution in [1.82, 2.24) is 0 Å². The number of cyclic esters (lactones) is 4. The van der Waals surface area contributed by atoms with Crippen LogP contribution in [0.1, 0.15) is 41.4 Å². The molecule has 0 bridgehead atoms. The lowest BCUT2D eigenvalue weighted by Crippen LogP contribution is -1.98. The first kappa shape index (κ1) is 17.6. The summed E-state index contributed by atoms with van der Waals surface area (Å²) in [7, 11) is 0. The van der Waals surface area contributed by atoms with Gasteiger partial charge in [-0.05, 0) is 54.6 Å². The molecule has 0 aromatic heterocycles. The number of ether oxygens (including phenoxy) is 4. The van der Waals surface area contributed by atoms with E-state index in [0.717, 1.165) is 0 Å². The number of rotatable bonds is 4. The third-order valence-electron chi connectivity index (χ3n) is 4.54. The summed E-state index contributed by atoms with van der Waals surface area (Å²) in [6.07, 6.45) is 0. The zero-order valence-electron chi connectivity index (χ0n) is 15.0. The first-order valence-corrected chi connectivity index (χ1v) is 8.75. The average molecular weight is 402 g/mol. The van der Waals surface area contributed by atoms with Gasteiger partial charge in [0.25, 0.3) is 0 Å². The van der Waals surface area contributed by atoms with Crippen LogP contribution in [0.4, 0.5) is 0 Å². The lowest BCUT2D eigenvalue weighted by Gasteiger charge is -2.10. The average Bonchev–Trinajstić information content (AvgIpc) is 3.19. The van der Waals surface area contributed by atoms with E-state index in [4.69, 9.17) is 9.47 Å². The number of esters is 4. The van der Waals surface area contributed by atoms with E-state index in [0.29, 0.717) is 17.2 Å². The van der Waals surface area contributed by atoms with Gasteiger partial charge in [0.1, 0.15) is 28.6 Å². The highest BCUT2D eigenvalue weighted by Crippen LogP contribution is 2.34. The van der Waals surface area contributed by atoms with Gasteiger partial charge in [-0.2, -0.15) is 0 Å². The molecule has 5 rings (SSSR count). The monoisotopic (exact) mass is 402 g/mol. The van der Waals surface area contributed by atoms with Gasteiger partial charge < -0.3 is 18.9 Å². The van der Waals surface area contributed by atoms with Gasteiger partial charge >= 0.3 is 23.9 Å². The molecule has 0 amide bonds. The molecule has 0 saturated heterocycles. The van der Waals surface area contributed by atoms with Crippen molar-refractivity contribution < 1.29 is 38.1 Å². The van der Waals surface area contributed by atoms with Crippen molar-refractivity contribution in [1.29, 1.82) is 0 Å². The maximum atomic E-state index is 11.9. The summed E-state index contributed by atoms with van der Waals surface area (Å²) in [4.78, 5) is 46.7. The van der Waals surface area contributed by atoms with Gasteiger partial charge in [-0.25, -0.2) is 19.2 Å². The van der Waals surface area contributed by atoms with Crippen molar-refractivity contribution in [3.8, 4) is 23.0 Å². The molecule has 0 N–H and O–H groups in total. The van der Waals surface area contributed by atoms with Gasteiger partial charge in [-0.15, -0.1) is 0 Å². The molecular weight excluding hydrogens is 392 g/mol. The lowest BCUT2D eigenvalue weighted by molar-refractivity contribution is 0.0425. The van der Waals surface area contributed by atoms with Crippen LogP contribution in [0, 0.1) is 0 Å². The molecule has 2 aliphatic heterocycles. The molecule has 3 aromatic carbocycles. The maximum Gasteiger partial charge on any atom is 0.350 e. The van der Waals surface area contributed by atoms with E-state index < -0.39 is 23.9 Å². The van der Waals surface area contributed by atoms with Gasteiger partial charge in [-0.1, -0.05) is 6.07 Å². The molecule has 0 atom stereocenters. The number of carbonyl (C=O) groups is 4. The number of hydrogen-bond donors (Lipinski definition) is 0. The van der Waals surface area contributed by atoms with Crippen molar-refractivity contribution >= 4 is 23.9 Å². The number of carbonyl (C=O) groups excluding carboxylic acids is 4. The molecule has 0 fully saturated rings. The van der Waals surface area contributed by atoms with Crippen molar-refractivity contribution in [2.45, 2.75) is 0 Å². The minimum atomic E-state index is -0.751. The summed E-state index contributed by atoms with van der Waals surface area (Å²) < 4.78 is 20.6. The predicted molar refractivity (Wildman–Crippen MR) is 99.0 cm³/mol. The van der Waals surface area contributed by atoms with Crippen LogP contribution in [0.3, 0.4) is 0 Å². The summed E-state index contributed by atoms with van der Waals surface area (Å²) in [6, 6.07) is 15.6. The van der Waals surface area contributed by atoms with Crippen LogP contribution in [-0.4, -0.2) is 23.9 Å². The Bertz CT molecular complexity index is 1260. The molecule has 0 spiro atoms. The Morgan fingerprint density at radius 2 is 1.13 bits per heavy atom. The fraction of sp³-hybridized carbons (Fsp3) is 0. The molecule has 8 heteroatoms. The van der Waals surface area contributed by atoms with Gasteiger partial charge in [0.15, 0.2) is 0 Å². The summed E-state index contributed by atoms with van der Waals surface area (Å²) in [5, 5.41) is 0. The van der Waals surface area contributed by atoms with E-state index in [9.17, 15) is 19.2 Å². The molecule has 146 valence electrons. The Morgan fingerprint density at radius 3 is 1.90 bits per heavy atom. The normalized spacial score (nSPS) is 14.1. The Hall–Kier alpha value is -4.46. The number of benzene rings is 3. The topological polar surface area (TPSA) is 105 Å². The van der Waals surface area contributed by atoms with Crippen molar-refractivity contribution in [3.05, 3.63) is 82.9 Å². The van der Waals surface area contributed by atoms with Gasteiger partial charge in [0.05, 0.1) is 16.7 Å². The van der Waals surface area contributed by atoms with E-state index in [1.165, 1.54) is 18.2 Å². The number of fused-ring (bicyclic) bond motifs is 2. The summed E-state index contributed by atoms with van der Waals surface area (Å²) >= 11 is 0. The fourth-order valence-corrected chi connectivity index (χ4v) is 3.15. The van der Waals surface area contributed by atoms with Crippen LogP contribution in [0.2, 0.25) is 0 Å². The highest BCUT2D eigenvalue weighted by atomic mass is 16.6. The lowest BCUT2D eigenvalue weighted by atomic mass is 10.1. The highest BCUT2D eigenvalue weighted by molar-refractivity contribution is 6.16. The van der Waals surface area contributed by atoms with Crippen LogP contribution in [-0.2, 0) is 9.47 Å². The largest absolute Gasteiger partial charge is 0.457 e. The third-order valence-corrected chi connectivity index (χ3v) is 4.54. The SMILES string of the molecule is O=C1OC(=O)c2cc(Oc3ccc(Oc4cccc5c4C(=O)OC5=O)cc3)ccc21. The molecule has 8 nitrogen and oxygen atoms in total. The zero-order chi connectivity index (χ0) is 20.8. The van der Waals surface area contributed by atoms with E-state index in [1.807, 2.05) is 0 Å². The second-order valence-electron chi connectivity index (χ2n) is 6.42. The second kappa shape index (κ2) is 6.56. The summed E-state index contributed by atoms with van der Waals surface area (Å²) in [5.41, 5.74) is 0.591. The van der Waals surface area contributed by atoms with Crippen LogP contribution >= 0.6 is 0 Å². The third kappa shape index (κ3) is 2.87. The van der Waals surface area contributed by atoms with E-state index in [1.54, 1.807) is 42.5 Å². The van der Waals surface area contributed by atoms with E-state index in [2.05, 4.69) is 9.47 Å². The first-order valence-electron chi connectivity index (χ1n) is 8.75. The minimum Gasteiger partial charge on any atom is -0.457 e. The van der Waals surface area contributed by atoms with Gasteiger partial charge in [-0.3, -0.25) is 0 Å². The Morgan fingerprint density at radius 1 is 0.533 bits per heavy atom. The predicted octanol–water partition coefficient (Wildman–Crippen LogP) is 3.89. The second-order valence-corrected chi connectivity index (χ2v) is 6.42. The minimum absolute atomic E-state index is 0.0856. The molecule has 0 aliphatic carbocycles. The van der Waals surface area contributed by atoms with E-state index >= 15 is 0 Å². The standard InChI is InChI=1S/C22H10O8/c23-19-14-9-8-13(10-16(14)21(25)29-19)27-11-4-6-12(7-5-11)28-17-3-1-2-15-18(17)22(26)30-20(15)24/h1-10H. The Kier molecular flexibility index (Phi) is 3.85. The molecule has 0 saturated carbocycles. The van der Waals surface area contributed by atoms with Crippen molar-refractivity contribution in [3.63, 3.8) is 0 Å². The molecule has 2 heterocycles. The van der Waals surface area contributed by atoms with Crippen molar-refractivity contribution in [2.75, 3.05) is 0 Å². The van der Waals surface area contributed by atoms with Crippen LogP contribution in [0.5, 0.6) is 23.0 Å². The first-order chi connectivity index (χ1) is 14.5. The summed E-state index contributed by atoms with van der Waals surface area (Å²) in [5.74, 6) is -1.42. The van der Waals surface area contributed by atoms with Gasteiger partial charge in [0.2, 0.25) is 0 Å². The molecule has 30 heavy (non-hydrogen) atoms. The molecule has 2 aliphatic rings. The van der Waals surface area contributed by atoms with Crippen molar-refractivity contribution in [2.24, 2.45) is 0 Å². The zero-order valence-corrected chi connectivity index (χ0v) is 15.0. The van der Waals surface area contributed by atoms with Crippen LogP contribution in [0.15, 0.2) is 60.7 Å². The maximum absolute atomic E-state index is 11.9. The molecule has 3 aromatic rings. The Labute approximate surface area is 168 Å². The van der Waals surface area contributed by atoms with Gasteiger partial charge in [0, 0.05) is 0 Å². The van der Waals surface area contributed by atoms with Crippen LogP contribution < -0.4 is 9.47 Å². The smallest absolute Gasteiger partial charge is 0.350 e. The molecule has 0 radical (unpaired) electrons. The fourth-order valence-electron chi connectivity index (χ4n) is 3.15. The molecule has 0 unspecified atom stereocenters. The highest BCUT2D eigenvalue weighted by Gasteiger charge is 2.33. The summed E-state index contributed by atoms with van der Waals surface area (Å²) in [6.45, 7) is 0. The number of hydrogen-bond acceptors (Lipinski definition) is 8. The van der Waals surface area contributed by atoms with E-state index in [-0.39, 0.29) is 28.0 Å². The quantitative estimate of drug-likeness (QED) is 0.478. The Balaban J connectivity index is 1.35.